The molecule has 0 spiro atoms. The van der Waals surface area contributed by atoms with Crippen molar-refractivity contribution in [3.05, 3.63) is 102 Å². The number of sulfonamides is 1. The lowest BCUT2D eigenvalue weighted by Crippen LogP contribution is -2.18. The van der Waals surface area contributed by atoms with Crippen molar-refractivity contribution in [3.63, 3.8) is 0 Å². The Labute approximate surface area is 170 Å². The number of nitrogens with one attached hydrogen (secondary N) is 1. The first-order valence-corrected chi connectivity index (χ1v) is 10.5. The monoisotopic (exact) mass is 407 g/mol. The van der Waals surface area contributed by atoms with Crippen LogP contribution < -0.4 is 9.46 Å². The summed E-state index contributed by atoms with van der Waals surface area (Å²) in [6.07, 6.45) is 3.16. The Morgan fingerprint density at radius 3 is 2.38 bits per heavy atom. The van der Waals surface area contributed by atoms with Crippen LogP contribution >= 0.6 is 0 Å². The summed E-state index contributed by atoms with van der Waals surface area (Å²) in [5.41, 5.74) is 2.32. The van der Waals surface area contributed by atoms with Crippen LogP contribution in [0.5, 0.6) is 5.75 Å². The lowest BCUT2D eigenvalue weighted by molar-refractivity contribution is 0.104. The van der Waals surface area contributed by atoms with E-state index < -0.39 is 10.0 Å². The van der Waals surface area contributed by atoms with E-state index in [1.54, 1.807) is 6.08 Å². The lowest BCUT2D eigenvalue weighted by Gasteiger charge is -2.07. The Morgan fingerprint density at radius 1 is 0.966 bits per heavy atom. The summed E-state index contributed by atoms with van der Waals surface area (Å²) in [4.78, 5) is 12.5. The highest BCUT2D eigenvalue weighted by molar-refractivity contribution is 7.89. The van der Waals surface area contributed by atoms with Crippen LogP contribution in [-0.4, -0.2) is 21.2 Å². The molecule has 0 unspecified atom stereocenters. The number of ether oxygens (including phenoxy) is 1. The third kappa shape index (κ3) is 5.63. The summed E-state index contributed by atoms with van der Waals surface area (Å²) in [6.45, 7) is 0.467. The Morgan fingerprint density at radius 2 is 1.69 bits per heavy atom. The third-order valence-corrected chi connectivity index (χ3v) is 5.68. The van der Waals surface area contributed by atoms with Gasteiger partial charge in [0.1, 0.15) is 12.4 Å². The number of allylic oxidation sites excluding steroid dienone is 1. The van der Waals surface area contributed by atoms with Crippen LogP contribution in [0.3, 0.4) is 0 Å². The van der Waals surface area contributed by atoms with Gasteiger partial charge < -0.3 is 4.74 Å². The van der Waals surface area contributed by atoms with Gasteiger partial charge in [0, 0.05) is 5.56 Å². The minimum absolute atomic E-state index is 0.115. The number of carbonyl (C=O) groups excluding carboxylic acids is 1. The molecule has 29 heavy (non-hydrogen) atoms. The molecule has 6 heteroatoms. The molecule has 0 aromatic heterocycles. The summed E-state index contributed by atoms with van der Waals surface area (Å²) in [7, 11) is -2.18. The van der Waals surface area contributed by atoms with E-state index in [9.17, 15) is 13.2 Å². The van der Waals surface area contributed by atoms with Crippen LogP contribution in [0, 0.1) is 0 Å². The molecule has 0 fully saturated rings. The van der Waals surface area contributed by atoms with Gasteiger partial charge in [-0.15, -0.1) is 0 Å². The molecule has 0 amide bonds. The van der Waals surface area contributed by atoms with Gasteiger partial charge in [0.05, 0.1) is 4.90 Å². The molecule has 3 aromatic rings. The smallest absolute Gasteiger partial charge is 0.240 e. The third-order valence-electron chi connectivity index (χ3n) is 4.25. The van der Waals surface area contributed by atoms with Gasteiger partial charge in [0.2, 0.25) is 10.0 Å². The molecule has 0 aliphatic rings. The van der Waals surface area contributed by atoms with Gasteiger partial charge in [-0.1, -0.05) is 48.5 Å². The quantitative estimate of drug-likeness (QED) is 0.451. The second-order valence-electron chi connectivity index (χ2n) is 6.28. The first kappa shape index (κ1) is 20.5. The number of rotatable bonds is 8. The maximum absolute atomic E-state index is 12.4. The van der Waals surface area contributed by atoms with Crippen molar-refractivity contribution in [2.45, 2.75) is 11.5 Å². The molecule has 0 aliphatic carbocycles. The fourth-order valence-corrected chi connectivity index (χ4v) is 3.36. The molecule has 3 aromatic carbocycles. The van der Waals surface area contributed by atoms with E-state index in [1.165, 1.54) is 37.4 Å². The first-order valence-electron chi connectivity index (χ1n) is 9.01. The average molecular weight is 407 g/mol. The number of hydrogen-bond donors (Lipinski definition) is 1. The molecule has 5 nitrogen and oxygen atoms in total. The minimum atomic E-state index is -3.52. The van der Waals surface area contributed by atoms with E-state index in [0.717, 1.165) is 11.1 Å². The molecule has 148 valence electrons. The standard InChI is InChI=1S/C23H21NO4S/c1-24-29(26,27)22-13-11-20(12-14-22)23(25)15-10-18-8-5-9-21(16-18)28-17-19-6-3-2-4-7-19/h2-16,24H,17H2,1H3/b15-10+. The van der Waals surface area contributed by atoms with Crippen molar-refractivity contribution in [1.82, 2.24) is 4.72 Å². The summed E-state index contributed by atoms with van der Waals surface area (Å²) >= 11 is 0. The summed E-state index contributed by atoms with van der Waals surface area (Å²) < 4.78 is 31.5. The van der Waals surface area contributed by atoms with Crippen molar-refractivity contribution in [2.75, 3.05) is 7.05 Å². The fraction of sp³-hybridized carbons (Fsp3) is 0.0870. The zero-order valence-electron chi connectivity index (χ0n) is 15.9. The molecule has 0 atom stereocenters. The van der Waals surface area contributed by atoms with E-state index in [0.29, 0.717) is 17.9 Å². The number of ketones is 1. The molecule has 0 aliphatic heterocycles. The largest absolute Gasteiger partial charge is 0.489 e. The van der Waals surface area contributed by atoms with E-state index >= 15 is 0 Å². The lowest BCUT2D eigenvalue weighted by atomic mass is 10.1. The zero-order valence-corrected chi connectivity index (χ0v) is 16.7. The highest BCUT2D eigenvalue weighted by atomic mass is 32.2. The molecule has 0 saturated carbocycles. The van der Waals surface area contributed by atoms with Crippen molar-refractivity contribution < 1.29 is 17.9 Å². The van der Waals surface area contributed by atoms with Crippen molar-refractivity contribution in [3.8, 4) is 5.75 Å². The normalized spacial score (nSPS) is 11.5. The Hall–Kier alpha value is -3.22. The molecular weight excluding hydrogens is 386 g/mol. The van der Waals surface area contributed by atoms with Crippen LogP contribution in [0.1, 0.15) is 21.5 Å². The number of hydrogen-bond acceptors (Lipinski definition) is 4. The van der Waals surface area contributed by atoms with Gasteiger partial charge >= 0.3 is 0 Å². The summed E-state index contributed by atoms with van der Waals surface area (Å²) in [5, 5.41) is 0. The maximum atomic E-state index is 12.4. The molecular formula is C23H21NO4S. The van der Waals surface area contributed by atoms with E-state index in [4.69, 9.17) is 4.74 Å². The number of carbonyl (C=O) groups is 1. The highest BCUT2D eigenvalue weighted by Crippen LogP contribution is 2.17. The second-order valence-corrected chi connectivity index (χ2v) is 8.16. The maximum Gasteiger partial charge on any atom is 0.240 e. The Balaban J connectivity index is 1.65. The fourth-order valence-electron chi connectivity index (χ4n) is 2.63. The first-order chi connectivity index (χ1) is 14.0. The van der Waals surface area contributed by atoms with Crippen molar-refractivity contribution in [2.24, 2.45) is 0 Å². The van der Waals surface area contributed by atoms with Crippen molar-refractivity contribution in [1.29, 1.82) is 0 Å². The van der Waals surface area contributed by atoms with E-state index in [1.807, 2.05) is 54.6 Å². The van der Waals surface area contributed by atoms with Crippen LogP contribution in [0.15, 0.2) is 89.8 Å². The van der Waals surface area contributed by atoms with Crippen LogP contribution in [0.4, 0.5) is 0 Å². The summed E-state index contributed by atoms with van der Waals surface area (Å²) in [6, 6.07) is 23.1. The summed E-state index contributed by atoms with van der Waals surface area (Å²) in [5.74, 6) is 0.499. The molecule has 0 bridgehead atoms. The Bertz CT molecular complexity index is 1110. The predicted octanol–water partition coefficient (Wildman–Crippen LogP) is 4.07. The van der Waals surface area contributed by atoms with E-state index in [2.05, 4.69) is 4.72 Å². The highest BCUT2D eigenvalue weighted by Gasteiger charge is 2.11. The Kier molecular flexibility index (Phi) is 6.59. The van der Waals surface area contributed by atoms with Crippen molar-refractivity contribution >= 4 is 21.9 Å². The average Bonchev–Trinajstić information content (AvgIpc) is 2.77. The van der Waals surface area contributed by atoms with Gasteiger partial charge in [-0.2, -0.15) is 0 Å². The molecule has 3 rings (SSSR count). The SMILES string of the molecule is CNS(=O)(=O)c1ccc(C(=O)/C=C/c2cccc(OCc3ccccc3)c2)cc1. The zero-order chi connectivity index (χ0) is 20.7. The van der Waals surface area contributed by atoms with Gasteiger partial charge in [0.15, 0.2) is 5.78 Å². The second kappa shape index (κ2) is 9.32. The molecule has 0 radical (unpaired) electrons. The minimum Gasteiger partial charge on any atom is -0.489 e. The van der Waals surface area contributed by atoms with Crippen LogP contribution in [-0.2, 0) is 16.6 Å². The molecule has 0 saturated heterocycles. The topological polar surface area (TPSA) is 72.5 Å². The number of benzene rings is 3. The van der Waals surface area contributed by atoms with Crippen LogP contribution in [0.2, 0.25) is 0 Å². The molecule has 1 N–H and O–H groups in total. The van der Waals surface area contributed by atoms with Crippen LogP contribution in [0.25, 0.3) is 6.08 Å². The predicted molar refractivity (Wildman–Crippen MR) is 113 cm³/mol. The van der Waals surface area contributed by atoms with E-state index in [-0.39, 0.29) is 10.7 Å². The molecule has 0 heterocycles. The van der Waals surface area contributed by atoms with Gasteiger partial charge in [-0.25, -0.2) is 13.1 Å². The van der Waals surface area contributed by atoms with Gasteiger partial charge in [-0.05, 0) is 60.6 Å². The van der Waals surface area contributed by atoms with Gasteiger partial charge in [0.25, 0.3) is 0 Å². The van der Waals surface area contributed by atoms with Gasteiger partial charge in [-0.3, -0.25) is 4.79 Å².